The van der Waals surface area contributed by atoms with Crippen LogP contribution in [0.25, 0.3) is 0 Å². The van der Waals surface area contributed by atoms with Crippen molar-refractivity contribution in [1.82, 2.24) is 0 Å². The van der Waals surface area contributed by atoms with Crippen LogP contribution in [0.3, 0.4) is 0 Å². The van der Waals surface area contributed by atoms with E-state index >= 15 is 0 Å². The topological polar surface area (TPSA) is 72.8 Å². The number of aliphatic hydroxyl groups excluding tert-OH is 1. The van der Waals surface area contributed by atoms with E-state index in [4.69, 9.17) is 9.84 Å². The largest absolute Gasteiger partial charge is 0.465 e. The van der Waals surface area contributed by atoms with E-state index in [2.05, 4.69) is 4.74 Å². The van der Waals surface area contributed by atoms with Crippen LogP contribution in [0.2, 0.25) is 0 Å². The summed E-state index contributed by atoms with van der Waals surface area (Å²) >= 11 is 0. The maximum atomic E-state index is 11.9. The first kappa shape index (κ1) is 15.7. The Morgan fingerprint density at radius 3 is 1.86 bits per heavy atom. The molecule has 0 aliphatic rings. The molecule has 2 rings (SSSR count). The molecule has 2 aromatic rings. The molecule has 0 saturated heterocycles. The van der Waals surface area contributed by atoms with Crippen LogP contribution in [0.15, 0.2) is 48.5 Å². The van der Waals surface area contributed by atoms with Gasteiger partial charge in [0.05, 0.1) is 24.8 Å². The Labute approximate surface area is 128 Å². The van der Waals surface area contributed by atoms with Crippen molar-refractivity contribution in [2.75, 3.05) is 7.11 Å². The normalized spacial score (nSPS) is 10.1. The number of carbonyl (C=O) groups excluding carboxylic acids is 2. The van der Waals surface area contributed by atoms with Crippen molar-refractivity contribution in [3.63, 3.8) is 0 Å². The Kier molecular flexibility index (Phi) is 5.27. The van der Waals surface area contributed by atoms with Crippen molar-refractivity contribution in [3.8, 4) is 0 Å². The molecule has 0 fully saturated rings. The molecule has 2 aromatic carbocycles. The summed E-state index contributed by atoms with van der Waals surface area (Å²) in [7, 11) is 1.30. The summed E-state index contributed by atoms with van der Waals surface area (Å²) in [6.07, 6.45) is 0. The highest BCUT2D eigenvalue weighted by molar-refractivity contribution is 5.93. The van der Waals surface area contributed by atoms with Gasteiger partial charge in [-0.15, -0.1) is 0 Å². The minimum absolute atomic E-state index is 0.0212. The molecule has 0 aliphatic heterocycles. The van der Waals surface area contributed by atoms with Crippen LogP contribution in [0.4, 0.5) is 0 Å². The first-order valence-electron chi connectivity index (χ1n) is 6.68. The summed E-state index contributed by atoms with van der Waals surface area (Å²) in [5, 5.41) is 8.96. The number of rotatable bonds is 5. The Hall–Kier alpha value is -2.66. The van der Waals surface area contributed by atoms with Crippen molar-refractivity contribution in [3.05, 3.63) is 70.8 Å². The number of carbonyl (C=O) groups is 2. The zero-order chi connectivity index (χ0) is 15.9. The number of benzene rings is 2. The monoisotopic (exact) mass is 300 g/mol. The molecule has 1 N–H and O–H groups in total. The Bertz CT molecular complexity index is 644. The van der Waals surface area contributed by atoms with Crippen LogP contribution < -0.4 is 0 Å². The molecular weight excluding hydrogens is 284 g/mol. The lowest BCUT2D eigenvalue weighted by atomic mass is 10.1. The molecule has 0 saturated carbocycles. The van der Waals surface area contributed by atoms with E-state index in [1.54, 1.807) is 24.3 Å². The van der Waals surface area contributed by atoms with Gasteiger partial charge in [0, 0.05) is 0 Å². The number of esters is 2. The van der Waals surface area contributed by atoms with Crippen molar-refractivity contribution < 1.29 is 24.2 Å². The van der Waals surface area contributed by atoms with Crippen molar-refractivity contribution in [1.29, 1.82) is 0 Å². The van der Waals surface area contributed by atoms with Gasteiger partial charge in [0.2, 0.25) is 0 Å². The predicted molar refractivity (Wildman–Crippen MR) is 79.3 cm³/mol. The zero-order valence-electron chi connectivity index (χ0n) is 12.1. The minimum Gasteiger partial charge on any atom is -0.465 e. The molecule has 0 spiro atoms. The fourth-order valence-corrected chi connectivity index (χ4v) is 1.83. The van der Waals surface area contributed by atoms with Crippen molar-refractivity contribution in [2.24, 2.45) is 0 Å². The maximum absolute atomic E-state index is 11.9. The van der Waals surface area contributed by atoms with Gasteiger partial charge in [0.15, 0.2) is 0 Å². The highest BCUT2D eigenvalue weighted by Gasteiger charge is 2.10. The van der Waals surface area contributed by atoms with E-state index in [-0.39, 0.29) is 13.2 Å². The lowest BCUT2D eigenvalue weighted by Crippen LogP contribution is -2.07. The van der Waals surface area contributed by atoms with Gasteiger partial charge in [-0.25, -0.2) is 9.59 Å². The Morgan fingerprint density at radius 1 is 0.864 bits per heavy atom. The number of ether oxygens (including phenoxy) is 2. The van der Waals surface area contributed by atoms with E-state index in [0.29, 0.717) is 11.1 Å². The molecule has 22 heavy (non-hydrogen) atoms. The van der Waals surface area contributed by atoms with E-state index in [0.717, 1.165) is 11.1 Å². The van der Waals surface area contributed by atoms with Gasteiger partial charge in [0.1, 0.15) is 6.61 Å². The average Bonchev–Trinajstić information content (AvgIpc) is 2.59. The van der Waals surface area contributed by atoms with E-state index in [1.165, 1.54) is 31.4 Å². The van der Waals surface area contributed by atoms with Crippen LogP contribution in [0.5, 0.6) is 0 Å². The molecule has 5 heteroatoms. The fourth-order valence-electron chi connectivity index (χ4n) is 1.83. The maximum Gasteiger partial charge on any atom is 0.338 e. The third-order valence-corrected chi connectivity index (χ3v) is 3.12. The third-order valence-electron chi connectivity index (χ3n) is 3.12. The summed E-state index contributed by atoms with van der Waals surface area (Å²) in [5.41, 5.74) is 2.36. The highest BCUT2D eigenvalue weighted by atomic mass is 16.5. The van der Waals surface area contributed by atoms with Gasteiger partial charge in [-0.1, -0.05) is 24.3 Å². The van der Waals surface area contributed by atoms with Crippen molar-refractivity contribution >= 4 is 11.9 Å². The smallest absolute Gasteiger partial charge is 0.338 e. The van der Waals surface area contributed by atoms with E-state index in [1.807, 2.05) is 0 Å². The molecule has 0 radical (unpaired) electrons. The number of hydrogen-bond acceptors (Lipinski definition) is 5. The standard InChI is InChI=1S/C17H16O5/c1-21-16(19)14-6-8-15(9-7-14)17(20)22-11-13-4-2-12(10-18)3-5-13/h2-9,18H,10-11H2,1H3. The van der Waals surface area contributed by atoms with Crippen LogP contribution in [-0.4, -0.2) is 24.2 Å². The van der Waals surface area contributed by atoms with E-state index in [9.17, 15) is 9.59 Å². The van der Waals surface area contributed by atoms with Crippen LogP contribution >= 0.6 is 0 Å². The summed E-state index contributed by atoms with van der Waals surface area (Å²) in [4.78, 5) is 23.2. The number of hydrogen-bond donors (Lipinski definition) is 1. The van der Waals surface area contributed by atoms with Gasteiger partial charge in [-0.3, -0.25) is 0 Å². The first-order chi connectivity index (χ1) is 10.6. The summed E-state index contributed by atoms with van der Waals surface area (Å²) in [6, 6.07) is 13.2. The zero-order valence-corrected chi connectivity index (χ0v) is 12.1. The highest BCUT2D eigenvalue weighted by Crippen LogP contribution is 2.10. The van der Waals surface area contributed by atoms with E-state index < -0.39 is 11.9 Å². The molecule has 0 heterocycles. The summed E-state index contributed by atoms with van der Waals surface area (Å²) in [5.74, 6) is -0.924. The number of methoxy groups -OCH3 is 1. The number of aliphatic hydroxyl groups is 1. The Morgan fingerprint density at radius 2 is 1.36 bits per heavy atom. The second kappa shape index (κ2) is 7.38. The van der Waals surface area contributed by atoms with Crippen LogP contribution in [0, 0.1) is 0 Å². The van der Waals surface area contributed by atoms with Gasteiger partial charge < -0.3 is 14.6 Å². The average molecular weight is 300 g/mol. The SMILES string of the molecule is COC(=O)c1ccc(C(=O)OCc2ccc(CO)cc2)cc1. The summed E-state index contributed by atoms with van der Waals surface area (Å²) < 4.78 is 9.78. The van der Waals surface area contributed by atoms with Crippen LogP contribution in [-0.2, 0) is 22.7 Å². The fraction of sp³-hybridized carbons (Fsp3) is 0.176. The predicted octanol–water partition coefficient (Wildman–Crippen LogP) is 2.32. The molecule has 5 nitrogen and oxygen atoms in total. The van der Waals surface area contributed by atoms with Gasteiger partial charge in [-0.2, -0.15) is 0 Å². The lowest BCUT2D eigenvalue weighted by Gasteiger charge is -2.06. The first-order valence-corrected chi connectivity index (χ1v) is 6.68. The van der Waals surface area contributed by atoms with Crippen molar-refractivity contribution in [2.45, 2.75) is 13.2 Å². The molecule has 0 aromatic heterocycles. The quantitative estimate of drug-likeness (QED) is 0.858. The molecule has 0 aliphatic carbocycles. The molecule has 0 bridgehead atoms. The molecule has 0 atom stereocenters. The van der Waals surface area contributed by atoms with Gasteiger partial charge in [0.25, 0.3) is 0 Å². The third kappa shape index (κ3) is 3.93. The van der Waals surface area contributed by atoms with Crippen LogP contribution in [0.1, 0.15) is 31.8 Å². The molecule has 0 amide bonds. The lowest BCUT2D eigenvalue weighted by molar-refractivity contribution is 0.0471. The molecule has 114 valence electrons. The second-order valence-electron chi connectivity index (χ2n) is 4.62. The van der Waals surface area contributed by atoms with Gasteiger partial charge >= 0.3 is 11.9 Å². The molecular formula is C17H16O5. The Balaban J connectivity index is 1.95. The summed E-state index contributed by atoms with van der Waals surface area (Å²) in [6.45, 7) is 0.121. The van der Waals surface area contributed by atoms with Gasteiger partial charge in [-0.05, 0) is 35.4 Å². The second-order valence-corrected chi connectivity index (χ2v) is 4.62. The minimum atomic E-state index is -0.470. The molecule has 0 unspecified atom stereocenters.